The van der Waals surface area contributed by atoms with Crippen LogP contribution in [0.1, 0.15) is 65.2 Å². The Bertz CT molecular complexity index is 380. The minimum Gasteiger partial charge on any atom is -0.365 e. The molecule has 3 fully saturated rings. The molecule has 3 aliphatic rings. The van der Waals surface area contributed by atoms with Crippen LogP contribution in [-0.2, 0) is 9.53 Å². The Morgan fingerprint density at radius 1 is 1.21 bits per heavy atom. The van der Waals surface area contributed by atoms with Gasteiger partial charge in [0.2, 0.25) is 0 Å². The largest absolute Gasteiger partial charge is 0.365 e. The van der Waals surface area contributed by atoms with Crippen molar-refractivity contribution in [2.45, 2.75) is 77.1 Å². The van der Waals surface area contributed by atoms with Crippen molar-refractivity contribution in [1.82, 2.24) is 0 Å². The maximum absolute atomic E-state index is 12.3. The van der Waals surface area contributed by atoms with Crippen LogP contribution >= 0.6 is 0 Å². The zero-order chi connectivity index (χ0) is 13.7. The van der Waals surface area contributed by atoms with Gasteiger partial charge in [-0.25, -0.2) is 0 Å². The molecule has 1 N–H and O–H groups in total. The highest BCUT2D eigenvalue weighted by atomic mass is 16.6. The Kier molecular flexibility index (Phi) is 3.25. The van der Waals surface area contributed by atoms with Crippen molar-refractivity contribution in [3.8, 4) is 0 Å². The van der Waals surface area contributed by atoms with Crippen molar-refractivity contribution in [2.24, 2.45) is 17.3 Å². The topological polar surface area (TPSA) is 46.5 Å². The summed E-state index contributed by atoms with van der Waals surface area (Å²) in [6.45, 7) is 4.26. The van der Waals surface area contributed by atoms with E-state index in [2.05, 4.69) is 13.8 Å². The highest BCUT2D eigenvalue weighted by Crippen LogP contribution is 2.60. The Hall–Kier alpha value is -0.410. The van der Waals surface area contributed by atoms with Crippen LogP contribution in [0.25, 0.3) is 0 Å². The van der Waals surface area contributed by atoms with E-state index in [4.69, 9.17) is 4.74 Å². The number of hydrogen-bond donors (Lipinski definition) is 1. The molecular weight excluding hydrogens is 240 g/mol. The second kappa shape index (κ2) is 4.56. The molecule has 4 unspecified atom stereocenters. The van der Waals surface area contributed by atoms with Crippen molar-refractivity contribution in [3.63, 3.8) is 0 Å². The molecule has 1 aliphatic heterocycles. The molecule has 5 atom stereocenters. The molecule has 108 valence electrons. The van der Waals surface area contributed by atoms with Gasteiger partial charge in [0, 0.05) is 24.2 Å². The number of ether oxygens (including phenoxy) is 1. The number of hydrogen-bond acceptors (Lipinski definition) is 3. The van der Waals surface area contributed by atoms with Gasteiger partial charge in [0.05, 0.1) is 6.10 Å². The van der Waals surface area contributed by atoms with Gasteiger partial charge in [-0.05, 0) is 44.4 Å². The van der Waals surface area contributed by atoms with Gasteiger partial charge < -0.3 is 9.84 Å². The van der Waals surface area contributed by atoms with Crippen LogP contribution in [-0.4, -0.2) is 22.8 Å². The molecule has 0 bridgehead atoms. The normalized spacial score (nSPS) is 49.8. The second-order valence-corrected chi connectivity index (χ2v) is 6.75. The van der Waals surface area contributed by atoms with Crippen molar-refractivity contribution in [1.29, 1.82) is 0 Å². The molecule has 0 radical (unpaired) electrons. The molecule has 19 heavy (non-hydrogen) atoms. The average Bonchev–Trinajstić information content (AvgIpc) is 2.75. The van der Waals surface area contributed by atoms with Crippen LogP contribution in [0, 0.1) is 17.3 Å². The van der Waals surface area contributed by atoms with E-state index in [1.807, 2.05) is 0 Å². The van der Waals surface area contributed by atoms with E-state index in [1.54, 1.807) is 0 Å². The zero-order valence-corrected chi connectivity index (χ0v) is 12.2. The van der Waals surface area contributed by atoms with Gasteiger partial charge in [-0.1, -0.05) is 13.8 Å². The lowest BCUT2D eigenvalue weighted by molar-refractivity contribution is -0.315. The van der Waals surface area contributed by atoms with Gasteiger partial charge in [-0.2, -0.15) is 0 Å². The SMILES string of the molecule is CCC1CCC2C3CCC(=O)[C@@]3(CC)CCC2(O)O1. The molecule has 3 nitrogen and oxygen atoms in total. The summed E-state index contributed by atoms with van der Waals surface area (Å²) in [6.07, 6.45) is 7.29. The van der Waals surface area contributed by atoms with Gasteiger partial charge in [-0.3, -0.25) is 4.79 Å². The number of fused-ring (bicyclic) bond motifs is 3. The molecule has 2 aliphatic carbocycles. The maximum atomic E-state index is 12.3. The molecule has 0 aromatic carbocycles. The molecule has 1 saturated heterocycles. The molecule has 0 aromatic heterocycles. The fourth-order valence-corrected chi connectivity index (χ4v) is 5.04. The zero-order valence-electron chi connectivity index (χ0n) is 12.2. The second-order valence-electron chi connectivity index (χ2n) is 6.75. The Morgan fingerprint density at radius 3 is 2.68 bits per heavy atom. The van der Waals surface area contributed by atoms with Crippen LogP contribution in [0.4, 0.5) is 0 Å². The first-order valence-corrected chi connectivity index (χ1v) is 7.99. The average molecular weight is 266 g/mol. The first kappa shape index (κ1) is 13.6. The number of carbonyl (C=O) groups excluding carboxylic acids is 1. The fourth-order valence-electron chi connectivity index (χ4n) is 5.04. The highest BCUT2D eigenvalue weighted by molar-refractivity contribution is 5.87. The van der Waals surface area contributed by atoms with E-state index in [0.717, 1.165) is 38.5 Å². The standard InChI is InChI=1S/C16H26O3/c1-3-11-5-6-13-12-7-8-14(17)15(12,4-2)9-10-16(13,18)19-11/h11-13,18H,3-10H2,1-2H3/t11?,12?,13?,15-,16?/m0/s1. The monoisotopic (exact) mass is 266 g/mol. The predicted octanol–water partition coefficient (Wildman–Crippen LogP) is 3.05. The number of Topliss-reactive ketones (excluding diaryl/α,β-unsaturated/α-hetero) is 1. The van der Waals surface area contributed by atoms with Crippen molar-refractivity contribution in [3.05, 3.63) is 0 Å². The van der Waals surface area contributed by atoms with Crippen molar-refractivity contribution >= 4 is 5.78 Å². The molecule has 1 heterocycles. The number of aliphatic hydroxyl groups is 1. The van der Waals surface area contributed by atoms with Crippen LogP contribution in [0.2, 0.25) is 0 Å². The lowest BCUT2D eigenvalue weighted by atomic mass is 9.58. The third-order valence-corrected chi connectivity index (χ3v) is 6.20. The molecule has 0 aromatic rings. The summed E-state index contributed by atoms with van der Waals surface area (Å²) in [6, 6.07) is 0. The summed E-state index contributed by atoms with van der Waals surface area (Å²) in [5.74, 6) is 0.0176. The van der Waals surface area contributed by atoms with E-state index in [0.29, 0.717) is 24.5 Å². The van der Waals surface area contributed by atoms with E-state index < -0.39 is 5.79 Å². The first-order chi connectivity index (χ1) is 9.05. The van der Waals surface area contributed by atoms with E-state index in [9.17, 15) is 9.90 Å². The number of ketones is 1. The smallest absolute Gasteiger partial charge is 0.168 e. The Balaban J connectivity index is 1.89. The van der Waals surface area contributed by atoms with Gasteiger partial charge >= 0.3 is 0 Å². The summed E-state index contributed by atoms with van der Waals surface area (Å²) >= 11 is 0. The molecule has 2 saturated carbocycles. The van der Waals surface area contributed by atoms with Gasteiger partial charge in [0.1, 0.15) is 5.78 Å². The molecule has 3 heteroatoms. The predicted molar refractivity (Wildman–Crippen MR) is 72.5 cm³/mol. The van der Waals surface area contributed by atoms with Gasteiger partial charge in [0.25, 0.3) is 0 Å². The van der Waals surface area contributed by atoms with Gasteiger partial charge in [-0.15, -0.1) is 0 Å². The lowest BCUT2D eigenvalue weighted by Gasteiger charge is -2.54. The summed E-state index contributed by atoms with van der Waals surface area (Å²) in [5.41, 5.74) is -0.140. The third kappa shape index (κ3) is 1.81. The number of rotatable bonds is 2. The van der Waals surface area contributed by atoms with Crippen LogP contribution in [0.15, 0.2) is 0 Å². The fraction of sp³-hybridized carbons (Fsp3) is 0.938. The van der Waals surface area contributed by atoms with E-state index in [1.165, 1.54) is 0 Å². The summed E-state index contributed by atoms with van der Waals surface area (Å²) in [4.78, 5) is 12.3. The Labute approximate surface area is 115 Å². The minimum absolute atomic E-state index is 0.140. The van der Waals surface area contributed by atoms with Gasteiger partial charge in [0.15, 0.2) is 5.79 Å². The Morgan fingerprint density at radius 2 is 2.00 bits per heavy atom. The van der Waals surface area contributed by atoms with E-state index >= 15 is 0 Å². The summed E-state index contributed by atoms with van der Waals surface area (Å²) in [5, 5.41) is 10.9. The molecular formula is C16H26O3. The quantitative estimate of drug-likeness (QED) is 0.835. The van der Waals surface area contributed by atoms with Crippen LogP contribution < -0.4 is 0 Å². The molecule has 3 rings (SSSR count). The van der Waals surface area contributed by atoms with Crippen molar-refractivity contribution < 1.29 is 14.6 Å². The lowest BCUT2D eigenvalue weighted by Crippen LogP contribution is -2.57. The first-order valence-electron chi connectivity index (χ1n) is 7.99. The number of carbonyl (C=O) groups is 1. The van der Waals surface area contributed by atoms with E-state index in [-0.39, 0.29) is 17.4 Å². The molecule has 0 amide bonds. The minimum atomic E-state index is -0.952. The molecule has 0 spiro atoms. The van der Waals surface area contributed by atoms with Crippen LogP contribution in [0.5, 0.6) is 0 Å². The maximum Gasteiger partial charge on any atom is 0.168 e. The highest BCUT2D eigenvalue weighted by Gasteiger charge is 2.61. The third-order valence-electron chi connectivity index (χ3n) is 6.20. The summed E-state index contributed by atoms with van der Waals surface area (Å²) < 4.78 is 6.00. The van der Waals surface area contributed by atoms with Crippen LogP contribution in [0.3, 0.4) is 0 Å². The van der Waals surface area contributed by atoms with Crippen molar-refractivity contribution in [2.75, 3.05) is 0 Å². The summed E-state index contributed by atoms with van der Waals surface area (Å²) in [7, 11) is 0.